The normalized spacial score (nSPS) is 21.3. The number of benzene rings is 1. The molecule has 0 saturated carbocycles. The van der Waals surface area contributed by atoms with E-state index in [1.54, 1.807) is 6.92 Å². The SMILES string of the molecule is CNC1=C(C(F)(F)F)C=NC(N)(c2cc3nc(C)oc3cc2Cl)N1. The Kier molecular flexibility index (Phi) is 3.72. The Morgan fingerprint density at radius 1 is 1.38 bits per heavy atom. The number of allylic oxidation sites excluding steroid dienone is 1. The van der Waals surface area contributed by atoms with Gasteiger partial charge in [-0.1, -0.05) is 11.6 Å². The zero-order chi connectivity index (χ0) is 17.7. The number of nitrogens with one attached hydrogen (secondary N) is 2. The van der Waals surface area contributed by atoms with E-state index in [0.717, 1.165) is 0 Å². The predicted octanol–water partition coefficient (Wildman–Crippen LogP) is 2.53. The molecule has 1 aliphatic rings. The quantitative estimate of drug-likeness (QED) is 0.766. The van der Waals surface area contributed by atoms with Gasteiger partial charge in [0.15, 0.2) is 11.5 Å². The third-order valence-electron chi connectivity index (χ3n) is 3.53. The van der Waals surface area contributed by atoms with Crippen molar-refractivity contribution in [3.8, 4) is 0 Å². The Hall–Kier alpha value is -2.26. The van der Waals surface area contributed by atoms with Gasteiger partial charge in [-0.15, -0.1) is 0 Å². The third kappa shape index (κ3) is 2.69. The molecule has 24 heavy (non-hydrogen) atoms. The molecule has 4 N–H and O–H groups in total. The van der Waals surface area contributed by atoms with Crippen LogP contribution < -0.4 is 16.4 Å². The lowest BCUT2D eigenvalue weighted by molar-refractivity contribution is -0.0875. The predicted molar refractivity (Wildman–Crippen MR) is 83.4 cm³/mol. The number of rotatable bonds is 2. The van der Waals surface area contributed by atoms with Crippen LogP contribution in [0.2, 0.25) is 5.02 Å². The number of nitrogens with two attached hydrogens (primary N) is 1. The summed E-state index contributed by atoms with van der Waals surface area (Å²) in [4.78, 5) is 8.00. The zero-order valence-electron chi connectivity index (χ0n) is 12.6. The van der Waals surface area contributed by atoms with Crippen molar-refractivity contribution >= 4 is 28.9 Å². The van der Waals surface area contributed by atoms with E-state index < -0.39 is 17.5 Å². The maximum atomic E-state index is 13.0. The van der Waals surface area contributed by atoms with Crippen LogP contribution in [-0.4, -0.2) is 24.4 Å². The van der Waals surface area contributed by atoms with Crippen molar-refractivity contribution in [3.63, 3.8) is 0 Å². The summed E-state index contributed by atoms with van der Waals surface area (Å²) < 4.78 is 44.4. The zero-order valence-corrected chi connectivity index (χ0v) is 13.4. The van der Waals surface area contributed by atoms with Crippen molar-refractivity contribution in [3.05, 3.63) is 40.0 Å². The molecule has 0 spiro atoms. The lowest BCUT2D eigenvalue weighted by atomic mass is 10.1. The number of alkyl halides is 3. The number of hydrogen-bond acceptors (Lipinski definition) is 6. The lowest BCUT2D eigenvalue weighted by Gasteiger charge is -2.34. The molecule has 3 rings (SSSR count). The highest BCUT2D eigenvalue weighted by molar-refractivity contribution is 6.32. The summed E-state index contributed by atoms with van der Waals surface area (Å²) in [6, 6.07) is 3.03. The Labute approximate surface area is 139 Å². The molecule has 6 nitrogen and oxygen atoms in total. The highest BCUT2D eigenvalue weighted by atomic mass is 35.5. The van der Waals surface area contributed by atoms with E-state index >= 15 is 0 Å². The van der Waals surface area contributed by atoms with Crippen molar-refractivity contribution in [2.45, 2.75) is 18.9 Å². The summed E-state index contributed by atoms with van der Waals surface area (Å²) in [6.45, 7) is 1.67. The molecule has 2 heterocycles. The van der Waals surface area contributed by atoms with E-state index in [1.807, 2.05) is 0 Å². The van der Waals surface area contributed by atoms with E-state index in [0.29, 0.717) is 23.2 Å². The maximum Gasteiger partial charge on any atom is 0.421 e. The molecule has 1 aromatic carbocycles. The third-order valence-corrected chi connectivity index (χ3v) is 3.85. The summed E-state index contributed by atoms with van der Waals surface area (Å²) in [5.74, 6) is -1.54. The van der Waals surface area contributed by atoms with E-state index in [1.165, 1.54) is 19.2 Å². The Morgan fingerprint density at radius 3 is 2.71 bits per heavy atom. The van der Waals surface area contributed by atoms with E-state index in [2.05, 4.69) is 20.6 Å². The maximum absolute atomic E-state index is 13.0. The molecule has 1 unspecified atom stereocenters. The minimum atomic E-state index is -4.58. The molecule has 0 radical (unpaired) electrons. The average Bonchev–Trinajstić information content (AvgIpc) is 2.83. The smallest absolute Gasteiger partial charge is 0.421 e. The Morgan fingerprint density at radius 2 is 2.08 bits per heavy atom. The molecule has 1 atom stereocenters. The highest BCUT2D eigenvalue weighted by Crippen LogP contribution is 2.35. The molecule has 2 aromatic rings. The van der Waals surface area contributed by atoms with Gasteiger partial charge in [-0.25, -0.2) is 9.98 Å². The van der Waals surface area contributed by atoms with Gasteiger partial charge in [-0.05, 0) is 6.07 Å². The fraction of sp³-hybridized carbons (Fsp3) is 0.286. The van der Waals surface area contributed by atoms with Crippen LogP contribution in [0.15, 0.2) is 32.9 Å². The number of aliphatic imine (C=N–C) groups is 1. The van der Waals surface area contributed by atoms with Gasteiger partial charge in [0.1, 0.15) is 16.9 Å². The second kappa shape index (κ2) is 5.38. The van der Waals surface area contributed by atoms with Crippen LogP contribution in [0.1, 0.15) is 11.5 Å². The molecule has 1 aliphatic heterocycles. The topological polar surface area (TPSA) is 88.5 Å². The van der Waals surface area contributed by atoms with Gasteiger partial charge in [0.05, 0.1) is 5.02 Å². The minimum absolute atomic E-state index is 0.191. The van der Waals surface area contributed by atoms with Crippen LogP contribution in [0.25, 0.3) is 11.1 Å². The second-order valence-corrected chi connectivity index (χ2v) is 5.63. The molecule has 0 fully saturated rings. The fourth-order valence-corrected chi connectivity index (χ4v) is 2.72. The van der Waals surface area contributed by atoms with Crippen molar-refractivity contribution in [2.24, 2.45) is 10.7 Å². The number of halogens is 4. The van der Waals surface area contributed by atoms with E-state index in [9.17, 15) is 13.2 Å². The largest absolute Gasteiger partial charge is 0.441 e. The molecule has 128 valence electrons. The number of nitrogens with zero attached hydrogens (tertiary/aromatic N) is 2. The van der Waals surface area contributed by atoms with Crippen LogP contribution in [0.3, 0.4) is 0 Å². The van der Waals surface area contributed by atoms with Crippen LogP contribution >= 0.6 is 11.6 Å². The van der Waals surface area contributed by atoms with Gasteiger partial charge >= 0.3 is 6.18 Å². The molecule has 10 heteroatoms. The molecular weight excluding hydrogens is 347 g/mol. The Bertz CT molecular complexity index is 873. The minimum Gasteiger partial charge on any atom is -0.441 e. The second-order valence-electron chi connectivity index (χ2n) is 5.22. The average molecular weight is 360 g/mol. The fourth-order valence-electron chi connectivity index (χ4n) is 2.43. The van der Waals surface area contributed by atoms with Crippen molar-refractivity contribution in [1.29, 1.82) is 0 Å². The number of aryl methyl sites for hydroxylation is 1. The monoisotopic (exact) mass is 359 g/mol. The van der Waals surface area contributed by atoms with Crippen LogP contribution in [-0.2, 0) is 5.79 Å². The van der Waals surface area contributed by atoms with Gasteiger partial charge in [-0.3, -0.25) is 5.73 Å². The molecule has 0 bridgehead atoms. The summed E-state index contributed by atoms with van der Waals surface area (Å²) in [5.41, 5.74) is 6.40. The summed E-state index contributed by atoms with van der Waals surface area (Å²) in [7, 11) is 1.35. The molecule has 0 amide bonds. The molecule has 0 saturated heterocycles. The van der Waals surface area contributed by atoms with Crippen LogP contribution in [0.5, 0.6) is 0 Å². The first-order valence-corrected chi connectivity index (χ1v) is 7.20. The van der Waals surface area contributed by atoms with Crippen LogP contribution in [0, 0.1) is 6.92 Å². The number of fused-ring (bicyclic) bond motifs is 1. The first-order chi connectivity index (χ1) is 11.1. The summed E-state index contributed by atoms with van der Waals surface area (Å²) in [6.07, 6.45) is -3.90. The summed E-state index contributed by atoms with van der Waals surface area (Å²) >= 11 is 6.21. The lowest BCUT2D eigenvalue weighted by Crippen LogP contribution is -2.53. The number of aromatic nitrogens is 1. The van der Waals surface area contributed by atoms with Crippen molar-refractivity contribution in [1.82, 2.24) is 15.6 Å². The van der Waals surface area contributed by atoms with Crippen molar-refractivity contribution < 1.29 is 17.6 Å². The van der Waals surface area contributed by atoms with Gasteiger partial charge in [0.25, 0.3) is 0 Å². The number of hydrogen-bond donors (Lipinski definition) is 3. The van der Waals surface area contributed by atoms with Gasteiger partial charge < -0.3 is 15.1 Å². The van der Waals surface area contributed by atoms with Gasteiger partial charge in [0.2, 0.25) is 5.79 Å². The number of oxazole rings is 1. The molecule has 1 aromatic heterocycles. The first-order valence-electron chi connectivity index (χ1n) is 6.83. The Balaban J connectivity index is 2.09. The molecular formula is C14H13ClF3N5O. The van der Waals surface area contributed by atoms with E-state index in [-0.39, 0.29) is 16.4 Å². The first kappa shape index (κ1) is 16.6. The highest BCUT2D eigenvalue weighted by Gasteiger charge is 2.41. The van der Waals surface area contributed by atoms with Gasteiger partial charge in [0, 0.05) is 31.8 Å². The summed E-state index contributed by atoms with van der Waals surface area (Å²) in [5, 5.41) is 5.19. The van der Waals surface area contributed by atoms with Crippen molar-refractivity contribution in [2.75, 3.05) is 7.05 Å². The standard InChI is InChI=1S/C14H13ClF3N5O/c1-6-22-10-3-7(9(15)4-11(10)24-6)14(19)21-5-8(13(16,17)18)12(20-2)23-14/h3-5,20,23H,19H2,1-2H3. The van der Waals surface area contributed by atoms with Gasteiger partial charge in [-0.2, -0.15) is 13.2 Å². The molecule has 0 aliphatic carbocycles. The van der Waals surface area contributed by atoms with Crippen LogP contribution in [0.4, 0.5) is 13.2 Å². The van der Waals surface area contributed by atoms with E-state index in [4.69, 9.17) is 21.8 Å².